The van der Waals surface area contributed by atoms with Crippen molar-refractivity contribution in [2.45, 2.75) is 51.7 Å². The van der Waals surface area contributed by atoms with E-state index in [0.717, 1.165) is 34.0 Å². The monoisotopic (exact) mass is 418 g/mol. The van der Waals surface area contributed by atoms with Gasteiger partial charge in [-0.25, -0.2) is 4.39 Å². The van der Waals surface area contributed by atoms with Crippen LogP contribution in [0.3, 0.4) is 0 Å². The van der Waals surface area contributed by atoms with Gasteiger partial charge in [-0.05, 0) is 81.5 Å². The van der Waals surface area contributed by atoms with Crippen LogP contribution in [0.1, 0.15) is 51.7 Å². The normalized spacial score (nSPS) is 18.6. The van der Waals surface area contributed by atoms with Crippen LogP contribution >= 0.6 is 15.9 Å². The molecule has 0 radical (unpaired) electrons. The van der Waals surface area contributed by atoms with Gasteiger partial charge in [0.15, 0.2) is 11.6 Å². The van der Waals surface area contributed by atoms with Gasteiger partial charge in [0.1, 0.15) is 0 Å². The van der Waals surface area contributed by atoms with Crippen LogP contribution in [-0.2, 0) is 4.74 Å². The van der Waals surface area contributed by atoms with Gasteiger partial charge >= 0.3 is 0 Å². The van der Waals surface area contributed by atoms with Crippen molar-refractivity contribution in [3.05, 3.63) is 69.5 Å². The smallest absolute Gasteiger partial charge is 0.165 e. The molecule has 3 rings (SSSR count). The fourth-order valence-electron chi connectivity index (χ4n) is 3.94. The van der Waals surface area contributed by atoms with E-state index in [1.165, 1.54) is 17.7 Å². The van der Waals surface area contributed by atoms with Crippen LogP contribution in [0.5, 0.6) is 5.75 Å². The fourth-order valence-corrected chi connectivity index (χ4v) is 4.21. The lowest BCUT2D eigenvalue weighted by Gasteiger charge is -2.43. The van der Waals surface area contributed by atoms with Crippen LogP contribution in [0.15, 0.2) is 52.5 Å². The molecule has 1 aliphatic rings. The number of phenolic OH excluding ortho intramolecular Hbond substituents is 1. The molecular weight excluding hydrogens is 395 g/mol. The number of hydrogen-bond acceptors (Lipinski definition) is 2. The maximum absolute atomic E-state index is 14.1. The molecular formula is C22H24BrFO2. The first-order chi connectivity index (χ1) is 12.1. The summed E-state index contributed by atoms with van der Waals surface area (Å²) in [7, 11) is 0. The average Bonchev–Trinajstić information content (AvgIpc) is 2.50. The first-order valence-electron chi connectivity index (χ1n) is 8.73. The quantitative estimate of drug-likeness (QED) is 0.605. The van der Waals surface area contributed by atoms with E-state index < -0.39 is 5.82 Å². The molecule has 2 aromatic rings. The largest absolute Gasteiger partial charge is 0.505 e. The summed E-state index contributed by atoms with van der Waals surface area (Å²) in [6.07, 6.45) is 1.54. The first-order valence-corrected chi connectivity index (χ1v) is 9.53. The molecule has 0 saturated carbocycles. The van der Waals surface area contributed by atoms with E-state index in [4.69, 9.17) is 4.74 Å². The molecule has 138 valence electrons. The minimum atomic E-state index is -0.608. The van der Waals surface area contributed by atoms with Crippen molar-refractivity contribution in [3.63, 3.8) is 0 Å². The third-order valence-electron chi connectivity index (χ3n) is 4.55. The molecule has 2 aromatic carbocycles. The van der Waals surface area contributed by atoms with Crippen molar-refractivity contribution in [2.24, 2.45) is 0 Å². The van der Waals surface area contributed by atoms with Crippen LogP contribution in [0.4, 0.5) is 4.39 Å². The second-order valence-corrected chi connectivity index (χ2v) is 9.04. The predicted octanol–water partition coefficient (Wildman–Crippen LogP) is 6.46. The van der Waals surface area contributed by atoms with Gasteiger partial charge in [0.05, 0.1) is 11.2 Å². The Kier molecular flexibility index (Phi) is 5.02. The van der Waals surface area contributed by atoms with Crippen molar-refractivity contribution in [1.29, 1.82) is 0 Å². The van der Waals surface area contributed by atoms with E-state index in [1.54, 1.807) is 6.07 Å². The van der Waals surface area contributed by atoms with Gasteiger partial charge in [-0.2, -0.15) is 0 Å². The average molecular weight is 419 g/mol. The van der Waals surface area contributed by atoms with Gasteiger partial charge < -0.3 is 9.84 Å². The molecule has 1 N–H and O–H groups in total. The molecule has 0 aliphatic carbocycles. The maximum Gasteiger partial charge on any atom is 0.165 e. The first kappa shape index (κ1) is 19.1. The van der Waals surface area contributed by atoms with Crippen molar-refractivity contribution in [1.82, 2.24) is 0 Å². The summed E-state index contributed by atoms with van der Waals surface area (Å²) in [4.78, 5) is 0. The minimum Gasteiger partial charge on any atom is -0.505 e. The molecule has 0 amide bonds. The van der Waals surface area contributed by atoms with Crippen LogP contribution in [-0.4, -0.2) is 16.3 Å². The van der Waals surface area contributed by atoms with Crippen LogP contribution in [0, 0.1) is 5.82 Å². The van der Waals surface area contributed by atoms with Crippen LogP contribution in [0.2, 0.25) is 0 Å². The van der Waals surface area contributed by atoms with E-state index in [0.29, 0.717) is 0 Å². The van der Waals surface area contributed by atoms with Crippen molar-refractivity contribution < 1.29 is 14.2 Å². The summed E-state index contributed by atoms with van der Waals surface area (Å²) in [6, 6.07) is 12.6. The summed E-state index contributed by atoms with van der Waals surface area (Å²) in [5.41, 5.74) is 3.45. The lowest BCUT2D eigenvalue weighted by atomic mass is 9.79. The molecule has 0 spiro atoms. The molecule has 1 saturated heterocycles. The van der Waals surface area contributed by atoms with Crippen LogP contribution in [0.25, 0.3) is 5.57 Å². The second kappa shape index (κ2) is 6.82. The zero-order valence-corrected chi connectivity index (χ0v) is 17.2. The molecule has 2 nitrogen and oxygen atoms in total. The number of halogens is 2. The molecule has 1 heterocycles. The number of rotatable bonds is 2. The topological polar surface area (TPSA) is 29.5 Å². The third-order valence-corrected chi connectivity index (χ3v) is 5.08. The van der Waals surface area contributed by atoms with Crippen molar-refractivity contribution in [2.75, 3.05) is 0 Å². The Morgan fingerprint density at radius 3 is 2.04 bits per heavy atom. The van der Waals surface area contributed by atoms with Gasteiger partial charge in [-0.15, -0.1) is 0 Å². The third kappa shape index (κ3) is 4.18. The van der Waals surface area contributed by atoms with Gasteiger partial charge in [-0.1, -0.05) is 39.7 Å². The van der Waals surface area contributed by atoms with Crippen molar-refractivity contribution in [3.8, 4) is 5.75 Å². The molecule has 0 atom stereocenters. The van der Waals surface area contributed by atoms with Gasteiger partial charge in [0.25, 0.3) is 0 Å². The lowest BCUT2D eigenvalue weighted by molar-refractivity contribution is -0.138. The Labute approximate surface area is 162 Å². The van der Waals surface area contributed by atoms with Gasteiger partial charge in [0.2, 0.25) is 0 Å². The molecule has 0 bridgehead atoms. The summed E-state index contributed by atoms with van der Waals surface area (Å²) in [5.74, 6) is -0.940. The molecule has 1 fully saturated rings. The zero-order chi connectivity index (χ0) is 19.1. The van der Waals surface area contributed by atoms with Gasteiger partial charge in [0, 0.05) is 4.47 Å². The second-order valence-electron chi connectivity index (χ2n) is 8.13. The highest BCUT2D eigenvalue weighted by Crippen LogP contribution is 2.43. The maximum atomic E-state index is 14.1. The van der Waals surface area contributed by atoms with E-state index in [2.05, 4.69) is 43.6 Å². The number of aromatic hydroxyl groups is 1. The SMILES string of the molecule is CC1(C)CC(=C(c2ccc(Br)cc2)c2ccc(O)c(F)c2)CC(C)(C)O1. The summed E-state index contributed by atoms with van der Waals surface area (Å²) < 4.78 is 21.3. The Hall–Kier alpha value is -1.65. The van der Waals surface area contributed by atoms with E-state index in [-0.39, 0.29) is 17.0 Å². The van der Waals surface area contributed by atoms with E-state index >= 15 is 0 Å². The molecule has 0 aromatic heterocycles. The Bertz CT molecular complexity index is 833. The number of phenols is 1. The highest BCUT2D eigenvalue weighted by Gasteiger charge is 2.37. The zero-order valence-electron chi connectivity index (χ0n) is 15.6. The highest BCUT2D eigenvalue weighted by molar-refractivity contribution is 9.10. The lowest BCUT2D eigenvalue weighted by Crippen LogP contribution is -2.42. The fraction of sp³-hybridized carbons (Fsp3) is 0.364. The number of hydrogen-bond donors (Lipinski definition) is 1. The molecule has 4 heteroatoms. The minimum absolute atomic E-state index is 0.298. The van der Waals surface area contributed by atoms with E-state index in [1.807, 2.05) is 24.3 Å². The summed E-state index contributed by atoms with van der Waals surface area (Å²) in [6.45, 7) is 8.35. The highest BCUT2D eigenvalue weighted by atomic mass is 79.9. The predicted molar refractivity (Wildman–Crippen MR) is 107 cm³/mol. The molecule has 0 unspecified atom stereocenters. The Balaban J connectivity index is 2.22. The molecule has 26 heavy (non-hydrogen) atoms. The van der Waals surface area contributed by atoms with E-state index in [9.17, 15) is 9.50 Å². The van der Waals surface area contributed by atoms with Crippen molar-refractivity contribution >= 4 is 21.5 Å². The van der Waals surface area contributed by atoms with Crippen LogP contribution < -0.4 is 0 Å². The Morgan fingerprint density at radius 1 is 0.962 bits per heavy atom. The molecule has 1 aliphatic heterocycles. The summed E-state index contributed by atoms with van der Waals surface area (Å²) in [5, 5.41) is 9.59. The Morgan fingerprint density at radius 2 is 1.50 bits per heavy atom. The van der Waals surface area contributed by atoms with Gasteiger partial charge in [-0.3, -0.25) is 0 Å². The summed E-state index contributed by atoms with van der Waals surface area (Å²) >= 11 is 3.48. The number of ether oxygens (including phenoxy) is 1. The number of benzene rings is 2. The standard InChI is InChI=1S/C22H24BrFO2/c1-21(2)12-16(13-22(3,4)26-21)20(14-5-8-17(23)9-6-14)15-7-10-19(25)18(24)11-15/h5-11,25H,12-13H2,1-4H3.